The summed E-state index contributed by atoms with van der Waals surface area (Å²) in [4.78, 5) is 31.3. The highest BCUT2D eigenvalue weighted by atomic mass is 16.8. The second kappa shape index (κ2) is 6.08. The van der Waals surface area contributed by atoms with Crippen molar-refractivity contribution in [2.75, 3.05) is 13.6 Å². The van der Waals surface area contributed by atoms with E-state index in [1.807, 2.05) is 0 Å². The zero-order chi connectivity index (χ0) is 17.5. The molecule has 1 aromatic rings. The SMILES string of the molecule is CN(C(=O)c1noc2c1CN(OC(=O)OC(C)(C)C)CC2)C1CC1. The van der Waals surface area contributed by atoms with Gasteiger partial charge >= 0.3 is 6.16 Å². The van der Waals surface area contributed by atoms with Gasteiger partial charge in [0.05, 0.1) is 6.54 Å². The van der Waals surface area contributed by atoms with E-state index in [-0.39, 0.29) is 12.5 Å². The number of fused-ring (bicyclic) bond motifs is 1. The first-order chi connectivity index (χ1) is 11.2. The monoisotopic (exact) mass is 337 g/mol. The normalized spacial score (nSPS) is 18.0. The molecule has 0 aromatic carbocycles. The molecule has 0 spiro atoms. The van der Waals surface area contributed by atoms with Gasteiger partial charge in [-0.15, -0.1) is 5.06 Å². The summed E-state index contributed by atoms with van der Waals surface area (Å²) in [6, 6.07) is 0.294. The fourth-order valence-electron chi connectivity index (χ4n) is 2.60. The first kappa shape index (κ1) is 16.8. The number of aromatic nitrogens is 1. The van der Waals surface area contributed by atoms with Crippen molar-refractivity contribution in [2.45, 2.75) is 58.2 Å². The van der Waals surface area contributed by atoms with Crippen LogP contribution < -0.4 is 0 Å². The van der Waals surface area contributed by atoms with Crippen LogP contribution in [0.4, 0.5) is 4.79 Å². The number of carbonyl (C=O) groups is 2. The Hall–Kier alpha value is -2.09. The van der Waals surface area contributed by atoms with Gasteiger partial charge in [-0.3, -0.25) is 4.79 Å². The van der Waals surface area contributed by atoms with E-state index in [2.05, 4.69) is 5.16 Å². The Labute approximate surface area is 140 Å². The molecule has 3 rings (SSSR count). The number of amides is 1. The molecule has 1 aliphatic heterocycles. The summed E-state index contributed by atoms with van der Waals surface area (Å²) in [7, 11) is 1.78. The smallest absolute Gasteiger partial charge is 0.427 e. The van der Waals surface area contributed by atoms with Crippen molar-refractivity contribution in [3.63, 3.8) is 0 Å². The summed E-state index contributed by atoms with van der Waals surface area (Å²) in [5, 5.41) is 5.41. The molecule has 2 heterocycles. The van der Waals surface area contributed by atoms with Crippen LogP contribution >= 0.6 is 0 Å². The molecular formula is C16H23N3O5. The van der Waals surface area contributed by atoms with Crippen LogP contribution in [0.5, 0.6) is 0 Å². The van der Waals surface area contributed by atoms with Crippen LogP contribution in [-0.4, -0.2) is 52.4 Å². The van der Waals surface area contributed by atoms with Crippen LogP contribution in [0, 0.1) is 0 Å². The standard InChI is InChI=1S/C16H23N3O5/c1-16(2,3)22-15(21)24-19-8-7-12-11(9-19)13(17-23-12)14(20)18(4)10-5-6-10/h10H,5-9H2,1-4H3. The molecule has 1 fully saturated rings. The molecule has 8 heteroatoms. The molecule has 0 bridgehead atoms. The average Bonchev–Trinajstić information content (AvgIpc) is 3.24. The molecule has 24 heavy (non-hydrogen) atoms. The van der Waals surface area contributed by atoms with Gasteiger partial charge in [0.25, 0.3) is 5.91 Å². The minimum atomic E-state index is -0.759. The van der Waals surface area contributed by atoms with Gasteiger partial charge in [0, 0.05) is 31.6 Å². The summed E-state index contributed by atoms with van der Waals surface area (Å²) < 4.78 is 10.4. The first-order valence-corrected chi connectivity index (χ1v) is 8.15. The van der Waals surface area contributed by atoms with Crippen LogP contribution in [0.15, 0.2) is 4.52 Å². The predicted octanol–water partition coefficient (Wildman–Crippen LogP) is 2.13. The lowest BCUT2D eigenvalue weighted by Gasteiger charge is -2.26. The average molecular weight is 337 g/mol. The third-order valence-electron chi connectivity index (χ3n) is 4.00. The zero-order valence-electron chi connectivity index (χ0n) is 14.5. The van der Waals surface area contributed by atoms with E-state index in [0.717, 1.165) is 12.8 Å². The number of hydrogen-bond donors (Lipinski definition) is 0. The van der Waals surface area contributed by atoms with Gasteiger partial charge in [0.15, 0.2) is 5.69 Å². The minimum absolute atomic E-state index is 0.151. The molecule has 0 atom stereocenters. The van der Waals surface area contributed by atoms with E-state index < -0.39 is 11.8 Å². The maximum absolute atomic E-state index is 12.5. The predicted molar refractivity (Wildman–Crippen MR) is 83.1 cm³/mol. The van der Waals surface area contributed by atoms with E-state index >= 15 is 0 Å². The summed E-state index contributed by atoms with van der Waals surface area (Å²) in [5.41, 5.74) is 0.364. The maximum Gasteiger partial charge on any atom is 0.528 e. The Bertz CT molecular complexity index is 645. The van der Waals surface area contributed by atoms with Crippen molar-refractivity contribution in [3.8, 4) is 0 Å². The van der Waals surface area contributed by atoms with Gasteiger partial charge < -0.3 is 19.0 Å². The van der Waals surface area contributed by atoms with Crippen LogP contribution in [0.25, 0.3) is 0 Å². The van der Waals surface area contributed by atoms with Crippen molar-refractivity contribution in [3.05, 3.63) is 17.0 Å². The van der Waals surface area contributed by atoms with Gasteiger partial charge in [-0.1, -0.05) is 5.16 Å². The lowest BCUT2D eigenvalue weighted by molar-refractivity contribution is -0.151. The number of hydroxylamine groups is 2. The summed E-state index contributed by atoms with van der Waals surface area (Å²) >= 11 is 0. The number of carbonyl (C=O) groups excluding carboxylic acids is 2. The molecular weight excluding hydrogens is 314 g/mol. The molecule has 1 amide bonds. The second-order valence-corrected chi connectivity index (χ2v) is 7.25. The molecule has 0 N–H and O–H groups in total. The van der Waals surface area contributed by atoms with Gasteiger partial charge in [-0.2, -0.15) is 0 Å². The van der Waals surface area contributed by atoms with Crippen molar-refractivity contribution in [1.82, 2.24) is 15.1 Å². The van der Waals surface area contributed by atoms with Crippen LogP contribution in [0.3, 0.4) is 0 Å². The third kappa shape index (κ3) is 3.69. The Kier molecular flexibility index (Phi) is 4.25. The van der Waals surface area contributed by atoms with Crippen molar-refractivity contribution >= 4 is 12.1 Å². The first-order valence-electron chi connectivity index (χ1n) is 8.15. The highest BCUT2D eigenvalue weighted by molar-refractivity contribution is 5.94. The van der Waals surface area contributed by atoms with Gasteiger partial charge in [0.2, 0.25) is 0 Å². The largest absolute Gasteiger partial charge is 0.528 e. The Morgan fingerprint density at radius 3 is 2.67 bits per heavy atom. The molecule has 1 aromatic heterocycles. The molecule has 0 saturated heterocycles. The van der Waals surface area contributed by atoms with Crippen LogP contribution in [-0.2, 0) is 22.5 Å². The van der Waals surface area contributed by atoms with E-state index in [1.54, 1.807) is 32.7 Å². The highest BCUT2D eigenvalue weighted by Gasteiger charge is 2.35. The molecule has 2 aliphatic rings. The topological polar surface area (TPSA) is 85.1 Å². The van der Waals surface area contributed by atoms with Crippen molar-refractivity contribution in [2.24, 2.45) is 0 Å². The van der Waals surface area contributed by atoms with E-state index in [0.29, 0.717) is 36.0 Å². The summed E-state index contributed by atoms with van der Waals surface area (Å²) in [5.74, 6) is 0.521. The van der Waals surface area contributed by atoms with Crippen LogP contribution in [0.1, 0.15) is 55.4 Å². The Balaban J connectivity index is 1.67. The highest BCUT2D eigenvalue weighted by Crippen LogP contribution is 2.29. The fraction of sp³-hybridized carbons (Fsp3) is 0.688. The van der Waals surface area contributed by atoms with Gasteiger partial charge in [-0.25, -0.2) is 4.79 Å². The molecule has 132 valence electrons. The van der Waals surface area contributed by atoms with E-state index in [9.17, 15) is 9.59 Å². The molecule has 1 saturated carbocycles. The Morgan fingerprint density at radius 1 is 1.33 bits per heavy atom. The summed E-state index contributed by atoms with van der Waals surface area (Å²) in [6.07, 6.45) is 1.81. The zero-order valence-corrected chi connectivity index (χ0v) is 14.5. The van der Waals surface area contributed by atoms with Crippen molar-refractivity contribution in [1.29, 1.82) is 0 Å². The maximum atomic E-state index is 12.5. The number of rotatable bonds is 3. The quantitative estimate of drug-likeness (QED) is 0.781. The summed E-state index contributed by atoms with van der Waals surface area (Å²) in [6.45, 7) is 6.04. The Morgan fingerprint density at radius 2 is 2.04 bits per heavy atom. The lowest BCUT2D eigenvalue weighted by Crippen LogP contribution is -2.36. The third-order valence-corrected chi connectivity index (χ3v) is 4.00. The molecule has 8 nitrogen and oxygen atoms in total. The molecule has 1 aliphatic carbocycles. The second-order valence-electron chi connectivity index (χ2n) is 7.25. The molecule has 0 radical (unpaired) electrons. The minimum Gasteiger partial charge on any atom is -0.427 e. The van der Waals surface area contributed by atoms with Crippen molar-refractivity contribution < 1.29 is 23.7 Å². The van der Waals surface area contributed by atoms with Gasteiger partial charge in [0.1, 0.15) is 11.4 Å². The fourth-order valence-corrected chi connectivity index (χ4v) is 2.60. The number of nitrogens with zero attached hydrogens (tertiary/aromatic N) is 3. The molecule has 0 unspecified atom stereocenters. The lowest BCUT2D eigenvalue weighted by atomic mass is 10.1. The number of ether oxygens (including phenoxy) is 1. The van der Waals surface area contributed by atoms with Crippen LogP contribution in [0.2, 0.25) is 0 Å². The number of hydrogen-bond acceptors (Lipinski definition) is 7. The van der Waals surface area contributed by atoms with E-state index in [1.165, 1.54) is 5.06 Å². The van der Waals surface area contributed by atoms with Gasteiger partial charge in [-0.05, 0) is 33.6 Å². The van der Waals surface area contributed by atoms with E-state index in [4.69, 9.17) is 14.1 Å².